The van der Waals surface area contributed by atoms with Crippen molar-refractivity contribution in [3.8, 4) is 0 Å². The average Bonchev–Trinajstić information content (AvgIpc) is 3.29. The molecule has 1 aliphatic rings. The SMILES string of the molecule is CC(=O)OC(c1ccccc1)(c1ccccc1)[C@H]1OC(C)(C)O[C@@H]1C(O)(c1ccccc1)c1ccccc1. The number of carbonyl (C=O) groups excluding carboxylic acids is 1. The van der Waals surface area contributed by atoms with E-state index in [4.69, 9.17) is 14.2 Å². The van der Waals surface area contributed by atoms with Crippen LogP contribution in [0.25, 0.3) is 0 Å². The fourth-order valence-corrected chi connectivity index (χ4v) is 5.51. The number of aliphatic hydroxyl groups is 1. The van der Waals surface area contributed by atoms with E-state index in [0.717, 1.165) is 0 Å². The molecule has 1 N–H and O–H groups in total. The molecule has 194 valence electrons. The van der Waals surface area contributed by atoms with Crippen molar-refractivity contribution in [2.24, 2.45) is 0 Å². The molecule has 4 aromatic carbocycles. The van der Waals surface area contributed by atoms with Crippen LogP contribution in [0.1, 0.15) is 43.0 Å². The molecule has 5 rings (SSSR count). The second kappa shape index (κ2) is 10.2. The summed E-state index contributed by atoms with van der Waals surface area (Å²) in [6, 6.07) is 37.9. The Balaban J connectivity index is 1.82. The van der Waals surface area contributed by atoms with E-state index in [1.54, 1.807) is 0 Å². The summed E-state index contributed by atoms with van der Waals surface area (Å²) in [6.07, 6.45) is -1.90. The predicted octanol–water partition coefficient (Wildman–Crippen LogP) is 5.95. The van der Waals surface area contributed by atoms with Crippen LogP contribution in [0.15, 0.2) is 121 Å². The summed E-state index contributed by atoms with van der Waals surface area (Å²) in [5, 5.41) is 12.8. The molecule has 2 atom stereocenters. The summed E-state index contributed by atoms with van der Waals surface area (Å²) in [5.41, 5.74) is -0.372. The van der Waals surface area contributed by atoms with Crippen LogP contribution in [-0.4, -0.2) is 29.1 Å². The van der Waals surface area contributed by atoms with Crippen molar-refractivity contribution < 1.29 is 24.1 Å². The fourth-order valence-electron chi connectivity index (χ4n) is 5.51. The van der Waals surface area contributed by atoms with Gasteiger partial charge in [0, 0.05) is 18.1 Å². The van der Waals surface area contributed by atoms with Crippen LogP contribution < -0.4 is 0 Å². The summed E-state index contributed by atoms with van der Waals surface area (Å²) in [5.74, 6) is -1.57. The largest absolute Gasteiger partial charge is 0.446 e. The Labute approximate surface area is 223 Å². The van der Waals surface area contributed by atoms with Crippen LogP contribution in [0.3, 0.4) is 0 Å². The molecule has 0 spiro atoms. The highest BCUT2D eigenvalue weighted by molar-refractivity contribution is 5.68. The second-order valence-electron chi connectivity index (χ2n) is 10.0. The van der Waals surface area contributed by atoms with Crippen LogP contribution in [0, 0.1) is 0 Å². The third-order valence-corrected chi connectivity index (χ3v) is 7.05. The van der Waals surface area contributed by atoms with Crippen LogP contribution >= 0.6 is 0 Å². The van der Waals surface area contributed by atoms with E-state index >= 15 is 0 Å². The van der Waals surface area contributed by atoms with Crippen LogP contribution in [0.2, 0.25) is 0 Å². The lowest BCUT2D eigenvalue weighted by atomic mass is 9.72. The number of rotatable bonds is 7. The molecule has 5 heteroatoms. The van der Waals surface area contributed by atoms with Gasteiger partial charge in [0.2, 0.25) is 0 Å². The van der Waals surface area contributed by atoms with E-state index in [1.165, 1.54) is 6.92 Å². The van der Waals surface area contributed by atoms with Crippen molar-refractivity contribution in [2.45, 2.75) is 50.0 Å². The molecule has 0 unspecified atom stereocenters. The molecule has 0 aromatic heterocycles. The summed E-state index contributed by atoms with van der Waals surface area (Å²) < 4.78 is 19.6. The van der Waals surface area contributed by atoms with Gasteiger partial charge in [-0.05, 0) is 25.0 Å². The lowest BCUT2D eigenvalue weighted by Gasteiger charge is -2.44. The minimum absolute atomic E-state index is 0.479. The smallest absolute Gasteiger partial charge is 0.303 e. The maximum Gasteiger partial charge on any atom is 0.303 e. The minimum atomic E-state index is -1.64. The minimum Gasteiger partial charge on any atom is -0.446 e. The lowest BCUT2D eigenvalue weighted by Crippen LogP contribution is -2.56. The molecule has 1 aliphatic heterocycles. The van der Waals surface area contributed by atoms with E-state index in [0.29, 0.717) is 22.3 Å². The van der Waals surface area contributed by atoms with Gasteiger partial charge in [-0.15, -0.1) is 0 Å². The Morgan fingerprint density at radius 3 is 1.37 bits per heavy atom. The molecule has 38 heavy (non-hydrogen) atoms. The number of benzene rings is 4. The first-order valence-corrected chi connectivity index (χ1v) is 12.8. The van der Waals surface area contributed by atoms with Crippen LogP contribution in [-0.2, 0) is 30.2 Å². The van der Waals surface area contributed by atoms with E-state index < -0.39 is 35.2 Å². The Bertz CT molecular complexity index is 1270. The van der Waals surface area contributed by atoms with Crippen LogP contribution in [0.4, 0.5) is 0 Å². The van der Waals surface area contributed by atoms with Gasteiger partial charge in [-0.1, -0.05) is 121 Å². The van der Waals surface area contributed by atoms with Crippen LogP contribution in [0.5, 0.6) is 0 Å². The Morgan fingerprint density at radius 1 is 0.658 bits per heavy atom. The van der Waals surface area contributed by atoms with Crippen molar-refractivity contribution >= 4 is 5.97 Å². The van der Waals surface area contributed by atoms with E-state index in [2.05, 4.69) is 0 Å². The normalized spacial score (nSPS) is 19.2. The summed E-state index contributed by atoms with van der Waals surface area (Å²) in [7, 11) is 0. The van der Waals surface area contributed by atoms with E-state index in [9.17, 15) is 9.90 Å². The monoisotopic (exact) mass is 508 g/mol. The number of hydrogen-bond donors (Lipinski definition) is 1. The predicted molar refractivity (Wildman–Crippen MR) is 145 cm³/mol. The molecular weight excluding hydrogens is 476 g/mol. The van der Waals surface area contributed by atoms with Gasteiger partial charge in [-0.2, -0.15) is 0 Å². The molecule has 1 heterocycles. The molecular formula is C33H32O5. The molecule has 0 bridgehead atoms. The Kier molecular flexibility index (Phi) is 6.93. The first kappa shape index (κ1) is 25.9. The molecule has 0 radical (unpaired) electrons. The van der Waals surface area contributed by atoms with E-state index in [-0.39, 0.29) is 0 Å². The molecule has 5 nitrogen and oxygen atoms in total. The maximum absolute atomic E-state index is 12.8. The van der Waals surface area contributed by atoms with Crippen molar-refractivity contribution in [3.63, 3.8) is 0 Å². The number of esters is 1. The van der Waals surface area contributed by atoms with Gasteiger partial charge >= 0.3 is 5.97 Å². The molecule has 1 saturated heterocycles. The molecule has 0 aliphatic carbocycles. The van der Waals surface area contributed by atoms with Gasteiger partial charge in [0.15, 0.2) is 11.4 Å². The molecule has 1 fully saturated rings. The second-order valence-corrected chi connectivity index (χ2v) is 10.0. The summed E-state index contributed by atoms with van der Waals surface area (Å²) in [6.45, 7) is 5.01. The lowest BCUT2D eigenvalue weighted by molar-refractivity contribution is -0.186. The zero-order chi connectivity index (χ0) is 26.8. The number of carbonyl (C=O) groups is 1. The van der Waals surface area contributed by atoms with Crippen molar-refractivity contribution in [3.05, 3.63) is 144 Å². The Hall–Kier alpha value is -3.77. The zero-order valence-corrected chi connectivity index (χ0v) is 21.8. The van der Waals surface area contributed by atoms with E-state index in [1.807, 2.05) is 135 Å². The highest BCUT2D eigenvalue weighted by Crippen LogP contribution is 2.51. The van der Waals surface area contributed by atoms with Gasteiger partial charge in [0.1, 0.15) is 17.8 Å². The Morgan fingerprint density at radius 2 is 1.00 bits per heavy atom. The number of hydrogen-bond acceptors (Lipinski definition) is 5. The third-order valence-electron chi connectivity index (χ3n) is 7.05. The molecule has 0 saturated carbocycles. The summed E-state index contributed by atoms with van der Waals surface area (Å²) >= 11 is 0. The van der Waals surface area contributed by atoms with Gasteiger partial charge in [-0.3, -0.25) is 4.79 Å². The van der Waals surface area contributed by atoms with Crippen molar-refractivity contribution in [2.75, 3.05) is 0 Å². The zero-order valence-electron chi connectivity index (χ0n) is 21.8. The first-order chi connectivity index (χ1) is 18.3. The van der Waals surface area contributed by atoms with Crippen molar-refractivity contribution in [1.29, 1.82) is 0 Å². The average molecular weight is 509 g/mol. The summed E-state index contributed by atoms with van der Waals surface area (Å²) in [4.78, 5) is 12.8. The first-order valence-electron chi connectivity index (χ1n) is 12.8. The standard InChI is InChI=1S/C33H32O5/c1-24(34)36-33(27-20-12-6-13-21-27,28-22-14-7-15-23-28)30-29(37-31(2,3)38-30)32(35,25-16-8-4-9-17-25)26-18-10-5-11-19-26/h4-23,29-30,35H,1-3H3/t29-,30-/m0/s1. The van der Waals surface area contributed by atoms with Gasteiger partial charge in [-0.25, -0.2) is 0 Å². The van der Waals surface area contributed by atoms with Gasteiger partial charge in [0.25, 0.3) is 0 Å². The van der Waals surface area contributed by atoms with Crippen molar-refractivity contribution in [1.82, 2.24) is 0 Å². The highest BCUT2D eigenvalue weighted by Gasteiger charge is 2.63. The quantitative estimate of drug-likeness (QED) is 0.313. The fraction of sp³-hybridized carbons (Fsp3) is 0.242. The topological polar surface area (TPSA) is 65.0 Å². The molecule has 0 amide bonds. The number of ether oxygens (including phenoxy) is 3. The maximum atomic E-state index is 12.8. The van der Waals surface area contributed by atoms with Gasteiger partial charge < -0.3 is 19.3 Å². The third kappa shape index (κ3) is 4.54. The molecule has 4 aromatic rings. The highest BCUT2D eigenvalue weighted by atomic mass is 16.8. The van der Waals surface area contributed by atoms with Gasteiger partial charge in [0.05, 0.1) is 0 Å².